The summed E-state index contributed by atoms with van der Waals surface area (Å²) in [6.07, 6.45) is 2.01. The highest BCUT2D eigenvalue weighted by atomic mass is 79.9. The number of halogens is 1. The summed E-state index contributed by atoms with van der Waals surface area (Å²) < 4.78 is 0.935. The van der Waals surface area contributed by atoms with E-state index in [2.05, 4.69) is 26.1 Å². The van der Waals surface area contributed by atoms with E-state index in [9.17, 15) is 9.90 Å². The number of benzene rings is 1. The van der Waals surface area contributed by atoms with Crippen molar-refractivity contribution >= 4 is 21.9 Å². The van der Waals surface area contributed by atoms with Crippen molar-refractivity contribution in [2.75, 3.05) is 0 Å². The molecule has 19 heavy (non-hydrogen) atoms. The standard InChI is InChI=1S/C14H13BrN2O2/c1-9-5-13(17-16-8-9)12(14(18)19)7-10-3-2-4-11(15)6-10/h2-6,8,12H,7H2,1H3,(H,18,19). The minimum Gasteiger partial charge on any atom is -0.481 e. The molecule has 1 unspecified atom stereocenters. The highest BCUT2D eigenvalue weighted by Gasteiger charge is 2.22. The number of carboxylic acid groups (broad SMARTS) is 1. The van der Waals surface area contributed by atoms with Gasteiger partial charge in [-0.25, -0.2) is 0 Å². The Morgan fingerprint density at radius 2 is 2.21 bits per heavy atom. The molecule has 0 spiro atoms. The maximum absolute atomic E-state index is 11.4. The number of aryl methyl sites for hydroxylation is 1. The molecule has 2 rings (SSSR count). The zero-order valence-corrected chi connectivity index (χ0v) is 12.0. The van der Waals surface area contributed by atoms with Gasteiger partial charge < -0.3 is 5.11 Å². The van der Waals surface area contributed by atoms with E-state index in [1.807, 2.05) is 31.2 Å². The second kappa shape index (κ2) is 5.93. The van der Waals surface area contributed by atoms with E-state index >= 15 is 0 Å². The minimum absolute atomic E-state index is 0.396. The molecule has 0 fully saturated rings. The number of aromatic nitrogens is 2. The molecule has 98 valence electrons. The smallest absolute Gasteiger partial charge is 0.313 e. The maximum atomic E-state index is 11.4. The van der Waals surface area contributed by atoms with E-state index in [1.54, 1.807) is 12.3 Å². The van der Waals surface area contributed by atoms with Gasteiger partial charge in [0.05, 0.1) is 11.9 Å². The highest BCUT2D eigenvalue weighted by molar-refractivity contribution is 9.10. The SMILES string of the molecule is Cc1cnnc(C(Cc2cccc(Br)c2)C(=O)O)c1. The Balaban J connectivity index is 2.29. The number of hydrogen-bond acceptors (Lipinski definition) is 3. The van der Waals surface area contributed by atoms with Crippen molar-refractivity contribution in [2.24, 2.45) is 0 Å². The molecule has 1 aromatic heterocycles. The molecule has 0 saturated heterocycles. The van der Waals surface area contributed by atoms with E-state index in [4.69, 9.17) is 0 Å². The number of carbonyl (C=O) groups is 1. The molecule has 1 N–H and O–H groups in total. The molecule has 1 atom stereocenters. The van der Waals surface area contributed by atoms with Crippen LogP contribution in [0.5, 0.6) is 0 Å². The molecule has 5 heteroatoms. The Bertz CT molecular complexity index is 602. The molecule has 0 aliphatic rings. The predicted octanol–water partition coefficient (Wildman–Crippen LogP) is 2.96. The van der Waals surface area contributed by atoms with Crippen molar-refractivity contribution in [1.82, 2.24) is 10.2 Å². The van der Waals surface area contributed by atoms with Gasteiger partial charge in [0.1, 0.15) is 5.92 Å². The van der Waals surface area contributed by atoms with Gasteiger partial charge in [-0.2, -0.15) is 10.2 Å². The minimum atomic E-state index is -0.889. The largest absolute Gasteiger partial charge is 0.481 e. The maximum Gasteiger partial charge on any atom is 0.313 e. The summed E-state index contributed by atoms with van der Waals surface area (Å²) in [4.78, 5) is 11.4. The molecule has 0 radical (unpaired) electrons. The van der Waals surface area contributed by atoms with E-state index in [0.717, 1.165) is 15.6 Å². The third-order valence-corrected chi connectivity index (χ3v) is 3.29. The van der Waals surface area contributed by atoms with Crippen LogP contribution in [0, 0.1) is 6.92 Å². The van der Waals surface area contributed by atoms with Gasteiger partial charge in [-0.15, -0.1) is 0 Å². The first-order chi connectivity index (χ1) is 9.06. The molecule has 0 aliphatic heterocycles. The lowest BCUT2D eigenvalue weighted by Gasteiger charge is -2.12. The van der Waals surface area contributed by atoms with Crippen molar-refractivity contribution in [3.63, 3.8) is 0 Å². The predicted molar refractivity (Wildman–Crippen MR) is 75.0 cm³/mol. The lowest BCUT2D eigenvalue weighted by molar-refractivity contribution is -0.138. The van der Waals surface area contributed by atoms with Gasteiger partial charge in [-0.3, -0.25) is 4.79 Å². The fraction of sp³-hybridized carbons (Fsp3) is 0.214. The van der Waals surface area contributed by atoms with Crippen LogP contribution in [-0.2, 0) is 11.2 Å². The molecular formula is C14H13BrN2O2. The Morgan fingerprint density at radius 1 is 1.42 bits per heavy atom. The average molecular weight is 321 g/mol. The number of carboxylic acids is 1. The van der Waals surface area contributed by atoms with Crippen LogP contribution in [0.3, 0.4) is 0 Å². The van der Waals surface area contributed by atoms with E-state index < -0.39 is 11.9 Å². The van der Waals surface area contributed by atoms with Gasteiger partial charge in [0, 0.05) is 4.47 Å². The first kappa shape index (κ1) is 13.7. The van der Waals surface area contributed by atoms with Gasteiger partial charge in [0.25, 0.3) is 0 Å². The summed E-state index contributed by atoms with van der Waals surface area (Å²) in [7, 11) is 0. The monoisotopic (exact) mass is 320 g/mol. The van der Waals surface area contributed by atoms with Crippen molar-refractivity contribution in [2.45, 2.75) is 19.3 Å². The quantitative estimate of drug-likeness (QED) is 0.940. The second-order valence-corrected chi connectivity index (χ2v) is 5.30. The van der Waals surface area contributed by atoms with E-state index in [-0.39, 0.29) is 0 Å². The molecule has 1 aromatic carbocycles. The topological polar surface area (TPSA) is 63.1 Å². The van der Waals surface area contributed by atoms with Gasteiger partial charge in [0.15, 0.2) is 0 Å². The van der Waals surface area contributed by atoms with Crippen LogP contribution < -0.4 is 0 Å². The van der Waals surface area contributed by atoms with Crippen molar-refractivity contribution < 1.29 is 9.90 Å². The van der Waals surface area contributed by atoms with Crippen LogP contribution in [0.25, 0.3) is 0 Å². The molecule has 0 aliphatic carbocycles. The summed E-state index contributed by atoms with van der Waals surface area (Å²) in [5.74, 6) is -1.57. The normalized spacial score (nSPS) is 12.1. The first-order valence-corrected chi connectivity index (χ1v) is 6.62. The number of nitrogens with zero attached hydrogens (tertiary/aromatic N) is 2. The first-order valence-electron chi connectivity index (χ1n) is 5.83. The van der Waals surface area contributed by atoms with Gasteiger partial charge >= 0.3 is 5.97 Å². The van der Waals surface area contributed by atoms with Crippen LogP contribution in [0.1, 0.15) is 22.7 Å². The number of hydrogen-bond donors (Lipinski definition) is 1. The Labute approximate surface area is 119 Å². The average Bonchev–Trinajstić information content (AvgIpc) is 2.35. The van der Waals surface area contributed by atoms with Crippen LogP contribution in [0.15, 0.2) is 41.0 Å². The molecule has 0 bridgehead atoms. The highest BCUT2D eigenvalue weighted by Crippen LogP contribution is 2.22. The van der Waals surface area contributed by atoms with Gasteiger partial charge in [0.2, 0.25) is 0 Å². The van der Waals surface area contributed by atoms with Crippen LogP contribution in [0.4, 0.5) is 0 Å². The molecular weight excluding hydrogens is 308 g/mol. The van der Waals surface area contributed by atoms with Crippen LogP contribution in [-0.4, -0.2) is 21.3 Å². The van der Waals surface area contributed by atoms with E-state index in [1.165, 1.54) is 0 Å². The Hall–Kier alpha value is -1.75. The van der Waals surface area contributed by atoms with Crippen molar-refractivity contribution in [3.8, 4) is 0 Å². The molecule has 0 saturated carbocycles. The zero-order valence-electron chi connectivity index (χ0n) is 10.4. The lowest BCUT2D eigenvalue weighted by atomic mass is 9.95. The number of rotatable bonds is 4. The fourth-order valence-electron chi connectivity index (χ4n) is 1.87. The van der Waals surface area contributed by atoms with Gasteiger partial charge in [-0.05, 0) is 42.7 Å². The van der Waals surface area contributed by atoms with E-state index in [0.29, 0.717) is 12.1 Å². The van der Waals surface area contributed by atoms with Crippen LogP contribution >= 0.6 is 15.9 Å². The van der Waals surface area contributed by atoms with Crippen molar-refractivity contribution in [3.05, 3.63) is 57.8 Å². The third kappa shape index (κ3) is 3.61. The zero-order chi connectivity index (χ0) is 13.8. The third-order valence-electron chi connectivity index (χ3n) is 2.79. The molecule has 1 heterocycles. The van der Waals surface area contributed by atoms with Crippen LogP contribution in [0.2, 0.25) is 0 Å². The van der Waals surface area contributed by atoms with Gasteiger partial charge in [-0.1, -0.05) is 28.1 Å². The molecule has 4 nitrogen and oxygen atoms in total. The lowest BCUT2D eigenvalue weighted by Crippen LogP contribution is -2.16. The summed E-state index contributed by atoms with van der Waals surface area (Å²) in [5, 5.41) is 17.1. The summed E-state index contributed by atoms with van der Waals surface area (Å²) in [6.45, 7) is 1.87. The molecule has 0 amide bonds. The summed E-state index contributed by atoms with van der Waals surface area (Å²) in [5.41, 5.74) is 2.35. The Kier molecular flexibility index (Phi) is 4.27. The fourth-order valence-corrected chi connectivity index (χ4v) is 2.32. The van der Waals surface area contributed by atoms with Crippen molar-refractivity contribution in [1.29, 1.82) is 0 Å². The Morgan fingerprint density at radius 3 is 2.84 bits per heavy atom. The summed E-state index contributed by atoms with van der Waals surface area (Å²) >= 11 is 3.38. The number of aliphatic carboxylic acids is 1. The summed E-state index contributed by atoms with van der Waals surface area (Å²) in [6, 6.07) is 9.39. The molecule has 2 aromatic rings. The second-order valence-electron chi connectivity index (χ2n) is 4.38.